The summed E-state index contributed by atoms with van der Waals surface area (Å²) in [6, 6.07) is 42.1. The van der Waals surface area contributed by atoms with Crippen molar-refractivity contribution in [2.24, 2.45) is 5.92 Å². The zero-order valence-electron chi connectivity index (χ0n) is 25.6. The summed E-state index contributed by atoms with van der Waals surface area (Å²) in [5, 5.41) is 0. The number of hydrogen-bond donors (Lipinski definition) is 1. The van der Waals surface area contributed by atoms with Crippen molar-refractivity contribution in [3.05, 3.63) is 183 Å². The van der Waals surface area contributed by atoms with Gasteiger partial charge in [-0.05, 0) is 59.5 Å². The number of ether oxygens (including phenoxy) is 1. The molecule has 0 unspecified atom stereocenters. The highest BCUT2D eigenvalue weighted by atomic mass is 79.9. The lowest BCUT2D eigenvalue weighted by molar-refractivity contribution is -0.143. The number of hydrogen-bond acceptors (Lipinski definition) is 4. The van der Waals surface area contributed by atoms with Gasteiger partial charge in [0.2, 0.25) is 0 Å². The molecule has 0 saturated heterocycles. The second-order valence-electron chi connectivity index (χ2n) is 12.0. The van der Waals surface area contributed by atoms with Crippen molar-refractivity contribution in [3.63, 3.8) is 0 Å². The maximum atomic E-state index is 14.1. The second-order valence-corrected chi connectivity index (χ2v) is 14.6. The Labute approximate surface area is 283 Å². The van der Waals surface area contributed by atoms with E-state index in [4.69, 9.17) is 4.74 Å². The van der Waals surface area contributed by atoms with Gasteiger partial charge in [0, 0.05) is 27.8 Å². The van der Waals surface area contributed by atoms with E-state index in [2.05, 4.69) is 38.9 Å². The van der Waals surface area contributed by atoms with E-state index in [0.717, 1.165) is 37.9 Å². The van der Waals surface area contributed by atoms with Crippen molar-refractivity contribution < 1.29 is 17.9 Å². The van der Waals surface area contributed by atoms with Crippen molar-refractivity contribution in [3.8, 4) is 0 Å². The molecule has 0 saturated carbocycles. The lowest BCUT2D eigenvalue weighted by Gasteiger charge is -2.32. The van der Waals surface area contributed by atoms with E-state index in [-0.39, 0.29) is 28.6 Å². The SMILES string of the molecule is Cc1ccc(S(=O)(=O)N/C(=C\[C@@H](c2ccccc2)[C@H]2c3ccccc3[C@@H]3C=C(c4ccc(Br)cc4)OC(=O)[C@H]23)c2ccccc2)cc1. The molecule has 5 aromatic rings. The molecule has 5 aromatic carbocycles. The van der Waals surface area contributed by atoms with E-state index >= 15 is 0 Å². The molecule has 1 heterocycles. The third kappa shape index (κ3) is 6.21. The van der Waals surface area contributed by atoms with Gasteiger partial charge in [-0.2, -0.15) is 0 Å². The van der Waals surface area contributed by atoms with E-state index in [1.165, 1.54) is 0 Å². The van der Waals surface area contributed by atoms with Crippen LogP contribution in [-0.2, 0) is 19.6 Å². The average molecular weight is 703 g/mol. The van der Waals surface area contributed by atoms with Gasteiger partial charge in [0.1, 0.15) is 5.76 Å². The van der Waals surface area contributed by atoms with Crippen molar-refractivity contribution in [2.75, 3.05) is 0 Å². The molecule has 0 amide bonds. The molecule has 2 aliphatic rings. The Morgan fingerprint density at radius 1 is 0.787 bits per heavy atom. The van der Waals surface area contributed by atoms with Gasteiger partial charge < -0.3 is 4.74 Å². The third-order valence-electron chi connectivity index (χ3n) is 9.01. The maximum absolute atomic E-state index is 14.1. The van der Waals surface area contributed by atoms with Gasteiger partial charge in [-0.3, -0.25) is 9.52 Å². The van der Waals surface area contributed by atoms with E-state index in [0.29, 0.717) is 11.5 Å². The molecule has 7 rings (SSSR count). The molecule has 1 aliphatic carbocycles. The standard InChI is InChI=1S/C40H32BrNO4S/c1-26-16-22-31(23-17-26)47(44,45)42-36(28-12-6-3-7-13-28)24-34(27-10-4-2-5-11-27)38-33-15-9-8-14-32(33)35-25-37(46-40(43)39(35)38)29-18-20-30(41)21-19-29/h2-25,34-35,38-39,42H,1H3/b36-24-/t34-,35-,38+,39-/m0/s1. The summed E-state index contributed by atoms with van der Waals surface area (Å²) in [4.78, 5) is 14.3. The predicted octanol–water partition coefficient (Wildman–Crippen LogP) is 8.96. The number of cyclic esters (lactones) is 1. The molecule has 0 spiro atoms. The van der Waals surface area contributed by atoms with Crippen LogP contribution < -0.4 is 4.72 Å². The first-order chi connectivity index (χ1) is 22.8. The van der Waals surface area contributed by atoms with Gasteiger partial charge in [-0.25, -0.2) is 8.42 Å². The predicted molar refractivity (Wildman–Crippen MR) is 189 cm³/mol. The van der Waals surface area contributed by atoms with Gasteiger partial charge in [0.05, 0.1) is 16.5 Å². The number of nitrogens with one attached hydrogen (secondary N) is 1. The Hall–Kier alpha value is -4.72. The van der Waals surface area contributed by atoms with Crippen LogP contribution in [0.4, 0.5) is 0 Å². The third-order valence-corrected chi connectivity index (χ3v) is 10.9. The lowest BCUT2D eigenvalue weighted by Crippen LogP contribution is -2.30. The highest BCUT2D eigenvalue weighted by molar-refractivity contribution is 9.10. The molecule has 234 valence electrons. The minimum Gasteiger partial charge on any atom is -0.426 e. The first-order valence-corrected chi connectivity index (χ1v) is 17.8. The average Bonchev–Trinajstić information content (AvgIpc) is 3.42. The summed E-state index contributed by atoms with van der Waals surface area (Å²) in [6.07, 6.45) is 4.04. The molecule has 1 N–H and O–H groups in total. The largest absolute Gasteiger partial charge is 0.426 e. The Morgan fingerprint density at radius 2 is 1.40 bits per heavy atom. The number of allylic oxidation sites excluding steroid dienone is 2. The summed E-state index contributed by atoms with van der Waals surface area (Å²) in [5.41, 5.74) is 6.05. The maximum Gasteiger partial charge on any atom is 0.315 e. The number of halogens is 1. The summed E-state index contributed by atoms with van der Waals surface area (Å²) in [5.74, 6) is -1.18. The van der Waals surface area contributed by atoms with E-state index in [1.807, 2.05) is 110 Å². The second kappa shape index (κ2) is 12.8. The van der Waals surface area contributed by atoms with Crippen LogP contribution in [0.2, 0.25) is 0 Å². The molecule has 1 aliphatic heterocycles. The van der Waals surface area contributed by atoms with Gasteiger partial charge in [-0.15, -0.1) is 0 Å². The molecular weight excluding hydrogens is 670 g/mol. The fourth-order valence-electron chi connectivity index (χ4n) is 6.76. The molecule has 7 heteroatoms. The van der Waals surface area contributed by atoms with Crippen LogP contribution in [0.25, 0.3) is 11.5 Å². The first-order valence-electron chi connectivity index (χ1n) is 15.5. The summed E-state index contributed by atoms with van der Waals surface area (Å²) in [6.45, 7) is 1.92. The zero-order chi connectivity index (χ0) is 32.5. The number of fused-ring (bicyclic) bond motifs is 3. The van der Waals surface area contributed by atoms with Crippen molar-refractivity contribution >= 4 is 43.4 Å². The molecule has 0 radical (unpaired) electrons. The molecule has 0 aromatic heterocycles. The van der Waals surface area contributed by atoms with Crippen LogP contribution >= 0.6 is 15.9 Å². The Bertz CT molecular complexity index is 2090. The normalized spacial score (nSPS) is 19.6. The number of sulfonamides is 1. The van der Waals surface area contributed by atoms with E-state index in [1.54, 1.807) is 24.3 Å². The Balaban J connectivity index is 1.38. The summed E-state index contributed by atoms with van der Waals surface area (Å²) in [7, 11) is -3.93. The summed E-state index contributed by atoms with van der Waals surface area (Å²) < 4.78 is 37.5. The van der Waals surface area contributed by atoms with E-state index in [9.17, 15) is 13.2 Å². The lowest BCUT2D eigenvalue weighted by atomic mass is 9.74. The van der Waals surface area contributed by atoms with Crippen molar-refractivity contribution in [1.82, 2.24) is 4.72 Å². The van der Waals surface area contributed by atoms with E-state index < -0.39 is 15.9 Å². The minimum absolute atomic E-state index is 0.175. The molecule has 4 atom stereocenters. The van der Waals surface area contributed by atoms with Gasteiger partial charge in [0.25, 0.3) is 10.0 Å². The van der Waals surface area contributed by atoms with Gasteiger partial charge >= 0.3 is 5.97 Å². The topological polar surface area (TPSA) is 72.5 Å². The fourth-order valence-corrected chi connectivity index (χ4v) is 8.12. The van der Waals surface area contributed by atoms with Crippen LogP contribution in [0.5, 0.6) is 0 Å². The highest BCUT2D eigenvalue weighted by Crippen LogP contribution is 2.56. The molecule has 0 fully saturated rings. The van der Waals surface area contributed by atoms with Crippen LogP contribution in [-0.4, -0.2) is 14.4 Å². The van der Waals surface area contributed by atoms with Crippen LogP contribution in [0.1, 0.15) is 51.1 Å². The van der Waals surface area contributed by atoms with Crippen LogP contribution in [0.3, 0.4) is 0 Å². The fraction of sp³-hybridized carbons (Fsp3) is 0.125. The zero-order valence-corrected chi connectivity index (χ0v) is 28.0. The number of esters is 1. The number of carbonyl (C=O) groups excluding carboxylic acids is 1. The summed E-state index contributed by atoms with van der Waals surface area (Å²) >= 11 is 3.49. The van der Waals surface area contributed by atoms with Crippen molar-refractivity contribution in [1.29, 1.82) is 0 Å². The van der Waals surface area contributed by atoms with Gasteiger partial charge in [-0.1, -0.05) is 137 Å². The Kier molecular flexibility index (Phi) is 8.43. The van der Waals surface area contributed by atoms with Crippen molar-refractivity contribution in [2.45, 2.75) is 29.6 Å². The molecule has 5 nitrogen and oxygen atoms in total. The number of benzene rings is 5. The molecule has 0 bridgehead atoms. The number of aryl methyl sites for hydroxylation is 1. The number of rotatable bonds is 8. The van der Waals surface area contributed by atoms with Gasteiger partial charge in [0.15, 0.2) is 0 Å². The Morgan fingerprint density at radius 3 is 2.09 bits per heavy atom. The smallest absolute Gasteiger partial charge is 0.315 e. The van der Waals surface area contributed by atoms with Crippen LogP contribution in [0, 0.1) is 12.8 Å². The minimum atomic E-state index is -3.93. The number of carbonyl (C=O) groups is 1. The molecular formula is C40H32BrNO4S. The highest BCUT2D eigenvalue weighted by Gasteiger charge is 2.50. The quantitative estimate of drug-likeness (QED) is 0.164. The molecule has 47 heavy (non-hydrogen) atoms. The first kappa shape index (κ1) is 30.9. The van der Waals surface area contributed by atoms with Crippen LogP contribution in [0.15, 0.2) is 155 Å². The monoisotopic (exact) mass is 701 g/mol.